The lowest BCUT2D eigenvalue weighted by Gasteiger charge is -2.29. The first-order chi connectivity index (χ1) is 7.39. The maximum absolute atomic E-state index is 11.1. The molecule has 1 rings (SSSR count). The summed E-state index contributed by atoms with van der Waals surface area (Å²) in [6, 6.07) is 3.62. The Kier molecular flexibility index (Phi) is 4.04. The van der Waals surface area contributed by atoms with Gasteiger partial charge in [-0.25, -0.2) is 4.79 Å². The predicted molar refractivity (Wildman–Crippen MR) is 63.4 cm³/mol. The molecule has 0 aliphatic heterocycles. The summed E-state index contributed by atoms with van der Waals surface area (Å²) in [4.78, 5) is 15.3. The number of methoxy groups -OCH3 is 1. The average Bonchev–Trinajstić information content (AvgIpc) is 2.18. The first kappa shape index (κ1) is 13.1. The Morgan fingerprint density at radius 2 is 2.19 bits per heavy atom. The summed E-state index contributed by atoms with van der Waals surface area (Å²) in [5.41, 5.74) is 0.00586. The molecule has 0 fully saturated rings. The van der Waals surface area contributed by atoms with Crippen molar-refractivity contribution in [2.45, 2.75) is 25.4 Å². The smallest absolute Gasteiger partial charge is 0.333 e. The summed E-state index contributed by atoms with van der Waals surface area (Å²) in [6.45, 7) is 3.59. The van der Waals surface area contributed by atoms with Gasteiger partial charge in [0.25, 0.3) is 0 Å². The third-order valence-electron chi connectivity index (χ3n) is 2.50. The second kappa shape index (κ2) is 4.93. The number of aliphatic carboxylic acids is 1. The minimum Gasteiger partial charge on any atom is -0.479 e. The van der Waals surface area contributed by atoms with Crippen LogP contribution in [0.15, 0.2) is 22.8 Å². The fraction of sp³-hybridized carbons (Fsp3) is 0.455. The molecule has 0 bridgehead atoms. The van der Waals surface area contributed by atoms with E-state index in [4.69, 9.17) is 9.84 Å². The number of carbonyl (C=O) groups is 1. The van der Waals surface area contributed by atoms with Crippen LogP contribution in [0.3, 0.4) is 0 Å². The number of pyridine rings is 1. The molecule has 0 aromatic carbocycles. The Morgan fingerprint density at radius 3 is 2.56 bits per heavy atom. The van der Waals surface area contributed by atoms with Gasteiger partial charge in [-0.2, -0.15) is 0 Å². The summed E-state index contributed by atoms with van der Waals surface area (Å²) in [6.07, 6.45) is 0.729. The van der Waals surface area contributed by atoms with Gasteiger partial charge in [-0.15, -0.1) is 0 Å². The van der Waals surface area contributed by atoms with Gasteiger partial charge in [-0.3, -0.25) is 4.98 Å². The first-order valence-electron chi connectivity index (χ1n) is 4.77. The van der Waals surface area contributed by atoms with Gasteiger partial charge in [-0.1, -0.05) is 13.8 Å². The van der Waals surface area contributed by atoms with Crippen LogP contribution in [-0.4, -0.2) is 29.3 Å². The van der Waals surface area contributed by atoms with E-state index >= 15 is 0 Å². The lowest BCUT2D eigenvalue weighted by molar-refractivity contribution is -0.152. The molecule has 16 heavy (non-hydrogen) atoms. The second-order valence-electron chi connectivity index (χ2n) is 4.04. The van der Waals surface area contributed by atoms with Gasteiger partial charge in [-0.05, 0) is 28.1 Å². The topological polar surface area (TPSA) is 59.4 Å². The molecule has 0 spiro atoms. The van der Waals surface area contributed by atoms with Crippen molar-refractivity contribution in [1.82, 2.24) is 4.98 Å². The lowest BCUT2D eigenvalue weighted by atomic mass is 9.82. The summed E-state index contributed by atoms with van der Waals surface area (Å²) >= 11 is 3.29. The first-order valence-corrected chi connectivity index (χ1v) is 5.56. The fourth-order valence-electron chi connectivity index (χ4n) is 1.60. The van der Waals surface area contributed by atoms with Crippen molar-refractivity contribution in [3.05, 3.63) is 28.5 Å². The predicted octanol–water partition coefficient (Wildman–Crippen LogP) is 2.22. The summed E-state index contributed by atoms with van der Waals surface area (Å²) in [5.74, 6) is -0.989. The molecule has 1 aromatic heterocycles. The van der Waals surface area contributed by atoms with Crippen molar-refractivity contribution < 1.29 is 14.6 Å². The minimum atomic E-state index is -0.989. The molecule has 88 valence electrons. The number of halogens is 1. The van der Waals surface area contributed by atoms with Crippen molar-refractivity contribution in [2.75, 3.05) is 7.11 Å². The molecule has 4 nitrogen and oxygen atoms in total. The Bertz CT molecular complexity index is 375. The van der Waals surface area contributed by atoms with Gasteiger partial charge in [0.2, 0.25) is 0 Å². The van der Waals surface area contributed by atoms with E-state index in [0.29, 0.717) is 5.69 Å². The number of hydrogen-bond donors (Lipinski definition) is 1. The zero-order chi connectivity index (χ0) is 12.3. The Labute approximate surface area is 103 Å². The third-order valence-corrected chi connectivity index (χ3v) is 2.97. The zero-order valence-corrected chi connectivity index (χ0v) is 11.0. The molecule has 0 saturated carbocycles. The maximum Gasteiger partial charge on any atom is 0.333 e. The number of nitrogens with zero attached hydrogens (tertiary/aromatic N) is 1. The van der Waals surface area contributed by atoms with Gasteiger partial charge in [0, 0.05) is 28.9 Å². The fourth-order valence-corrected chi connectivity index (χ4v) is 1.83. The van der Waals surface area contributed by atoms with Gasteiger partial charge in [0.15, 0.2) is 6.10 Å². The highest BCUT2D eigenvalue weighted by Crippen LogP contribution is 2.28. The molecule has 0 aliphatic rings. The van der Waals surface area contributed by atoms with Crippen LogP contribution in [-0.2, 0) is 14.9 Å². The normalized spacial score (nSPS) is 13.5. The van der Waals surface area contributed by atoms with E-state index in [0.717, 1.165) is 4.47 Å². The highest BCUT2D eigenvalue weighted by atomic mass is 79.9. The molecule has 5 heteroatoms. The highest BCUT2D eigenvalue weighted by Gasteiger charge is 2.38. The van der Waals surface area contributed by atoms with Crippen LogP contribution in [0.25, 0.3) is 0 Å². The summed E-state index contributed by atoms with van der Waals surface area (Å²) in [7, 11) is 1.39. The average molecular weight is 288 g/mol. The number of ether oxygens (including phenoxy) is 1. The van der Waals surface area contributed by atoms with Crippen molar-refractivity contribution in [2.24, 2.45) is 0 Å². The van der Waals surface area contributed by atoms with Crippen LogP contribution in [0.2, 0.25) is 0 Å². The van der Waals surface area contributed by atoms with E-state index < -0.39 is 17.5 Å². The van der Waals surface area contributed by atoms with Crippen molar-refractivity contribution in [1.29, 1.82) is 0 Å². The molecular formula is C11H14BrNO3. The van der Waals surface area contributed by atoms with E-state index in [-0.39, 0.29) is 0 Å². The number of hydrogen-bond acceptors (Lipinski definition) is 3. The molecular weight excluding hydrogens is 274 g/mol. The van der Waals surface area contributed by atoms with Crippen molar-refractivity contribution >= 4 is 21.9 Å². The lowest BCUT2D eigenvalue weighted by Crippen LogP contribution is -2.42. The third kappa shape index (κ3) is 2.59. The zero-order valence-electron chi connectivity index (χ0n) is 9.40. The van der Waals surface area contributed by atoms with Gasteiger partial charge in [0.05, 0.1) is 0 Å². The van der Waals surface area contributed by atoms with Crippen LogP contribution in [0.5, 0.6) is 0 Å². The minimum absolute atomic E-state index is 0.679. The Hall–Kier alpha value is -0.940. The van der Waals surface area contributed by atoms with Gasteiger partial charge in [0.1, 0.15) is 0 Å². The Balaban J connectivity index is 3.08. The van der Waals surface area contributed by atoms with Gasteiger partial charge < -0.3 is 9.84 Å². The van der Waals surface area contributed by atoms with Gasteiger partial charge >= 0.3 is 5.97 Å². The molecule has 1 N–H and O–H groups in total. The SMILES string of the molecule is COC(C(=O)O)C(C)(C)c1ccc(Br)cn1. The summed E-state index contributed by atoms with van der Waals surface area (Å²) in [5, 5.41) is 9.06. The highest BCUT2D eigenvalue weighted by molar-refractivity contribution is 9.10. The van der Waals surface area contributed by atoms with E-state index in [1.165, 1.54) is 7.11 Å². The molecule has 0 saturated heterocycles. The molecule has 1 aromatic rings. The van der Waals surface area contributed by atoms with E-state index in [1.807, 2.05) is 6.07 Å². The van der Waals surface area contributed by atoms with Crippen LogP contribution < -0.4 is 0 Å². The Morgan fingerprint density at radius 1 is 1.56 bits per heavy atom. The molecule has 1 atom stereocenters. The van der Waals surface area contributed by atoms with Crippen LogP contribution >= 0.6 is 15.9 Å². The van der Waals surface area contributed by atoms with Crippen molar-refractivity contribution in [3.8, 4) is 0 Å². The summed E-state index contributed by atoms with van der Waals surface area (Å²) < 4.78 is 5.87. The maximum atomic E-state index is 11.1. The standard InChI is InChI=1S/C11H14BrNO3/c1-11(2,9(16-3)10(14)15)8-5-4-7(12)6-13-8/h4-6,9H,1-3H3,(H,14,15). The van der Waals surface area contributed by atoms with Crippen LogP contribution in [0.4, 0.5) is 0 Å². The second-order valence-corrected chi connectivity index (χ2v) is 4.95. The quantitative estimate of drug-likeness (QED) is 0.923. The largest absolute Gasteiger partial charge is 0.479 e. The van der Waals surface area contributed by atoms with Crippen molar-refractivity contribution in [3.63, 3.8) is 0 Å². The molecule has 0 aliphatic carbocycles. The molecule has 1 heterocycles. The number of carboxylic acids is 1. The number of aromatic nitrogens is 1. The molecule has 0 radical (unpaired) electrons. The van der Waals surface area contributed by atoms with E-state index in [1.54, 1.807) is 26.1 Å². The monoisotopic (exact) mass is 287 g/mol. The van der Waals surface area contributed by atoms with Crippen LogP contribution in [0, 0.1) is 0 Å². The number of carboxylic acid groups (broad SMARTS) is 1. The van der Waals surface area contributed by atoms with E-state index in [9.17, 15) is 4.79 Å². The van der Waals surface area contributed by atoms with E-state index in [2.05, 4.69) is 20.9 Å². The molecule has 0 amide bonds. The number of rotatable bonds is 4. The molecule has 1 unspecified atom stereocenters. The van der Waals surface area contributed by atoms with Crippen LogP contribution in [0.1, 0.15) is 19.5 Å².